The summed E-state index contributed by atoms with van der Waals surface area (Å²) < 4.78 is 15.6. The Kier molecular flexibility index (Phi) is 3.48. The van der Waals surface area contributed by atoms with Crippen LogP contribution in [0.2, 0.25) is 0 Å². The molecule has 1 unspecified atom stereocenters. The van der Waals surface area contributed by atoms with E-state index in [0.717, 1.165) is 23.3 Å². The number of H-pyrrole nitrogens is 1. The van der Waals surface area contributed by atoms with Crippen molar-refractivity contribution in [2.45, 2.75) is 19.9 Å². The Bertz CT molecular complexity index is 622. The van der Waals surface area contributed by atoms with Crippen molar-refractivity contribution in [3.8, 4) is 0 Å². The van der Waals surface area contributed by atoms with Crippen molar-refractivity contribution in [2.24, 2.45) is 7.05 Å². The zero-order chi connectivity index (χ0) is 12.6. The highest BCUT2D eigenvalue weighted by atomic mass is 32.2. The van der Waals surface area contributed by atoms with E-state index in [-0.39, 0.29) is 0 Å². The average molecular weight is 272 g/mol. The first-order valence-electron chi connectivity index (χ1n) is 5.49. The lowest BCUT2D eigenvalue weighted by atomic mass is 10.3. The number of nitrogens with one attached hydrogen (secondary N) is 1. The summed E-state index contributed by atoms with van der Waals surface area (Å²) in [6.07, 6.45) is 2.57. The summed E-state index contributed by atoms with van der Waals surface area (Å²) in [5.41, 5.74) is 3.00. The third kappa shape index (κ3) is 2.21. The molecule has 0 fully saturated rings. The van der Waals surface area contributed by atoms with Gasteiger partial charge in [0.25, 0.3) is 0 Å². The van der Waals surface area contributed by atoms with Crippen LogP contribution in [0.25, 0.3) is 11.2 Å². The minimum atomic E-state index is -0.814. The number of nitrogens with zero attached hydrogens (tertiary/aromatic N) is 3. The summed E-state index contributed by atoms with van der Waals surface area (Å²) in [6, 6.07) is 0. The van der Waals surface area contributed by atoms with E-state index in [1.54, 1.807) is 6.26 Å². The van der Waals surface area contributed by atoms with Gasteiger partial charge in [-0.25, -0.2) is 0 Å². The predicted molar refractivity (Wildman–Crippen MR) is 72.2 cm³/mol. The zero-order valence-electron chi connectivity index (χ0n) is 10.2. The third-order valence-corrected chi connectivity index (χ3v) is 3.84. The highest BCUT2D eigenvalue weighted by Gasteiger charge is 2.13. The molecule has 0 amide bonds. The fourth-order valence-corrected chi connectivity index (χ4v) is 2.67. The van der Waals surface area contributed by atoms with E-state index in [0.29, 0.717) is 17.1 Å². The molecule has 0 aliphatic rings. The van der Waals surface area contributed by atoms with E-state index in [4.69, 9.17) is 12.2 Å². The molecule has 0 saturated carbocycles. The fraction of sp³-hybridized carbons (Fsp3) is 0.600. The van der Waals surface area contributed by atoms with E-state index in [2.05, 4.69) is 17.0 Å². The van der Waals surface area contributed by atoms with Crippen LogP contribution in [0, 0.1) is 4.77 Å². The molecule has 0 aliphatic heterocycles. The molecule has 5 nitrogen and oxygen atoms in total. The Morgan fingerprint density at radius 3 is 2.82 bits per heavy atom. The first-order valence-corrected chi connectivity index (χ1v) is 7.62. The molecule has 2 aromatic heterocycles. The molecule has 7 heteroatoms. The molecule has 0 aromatic carbocycles. The lowest BCUT2D eigenvalue weighted by molar-refractivity contribution is 0.670. The summed E-state index contributed by atoms with van der Waals surface area (Å²) in [4.78, 5) is 3.19. The number of aromatic nitrogens is 4. The number of imidazole rings is 1. The Morgan fingerprint density at radius 1 is 1.53 bits per heavy atom. The van der Waals surface area contributed by atoms with Crippen molar-refractivity contribution in [2.75, 3.05) is 12.0 Å². The van der Waals surface area contributed by atoms with Crippen LogP contribution >= 0.6 is 12.2 Å². The second-order valence-corrected chi connectivity index (χ2v) is 5.92. The van der Waals surface area contributed by atoms with Crippen LogP contribution in [0.15, 0.2) is 0 Å². The molecule has 0 saturated heterocycles. The van der Waals surface area contributed by atoms with Crippen molar-refractivity contribution in [3.05, 3.63) is 10.5 Å². The predicted octanol–water partition coefficient (Wildman–Crippen LogP) is 1.37. The van der Waals surface area contributed by atoms with Crippen molar-refractivity contribution in [3.63, 3.8) is 0 Å². The standard InChI is InChI=1S/C10H16N4OS2/c1-4-7-8-9(13(2)12-7)14(10(16)11-8)5-6-17(3)15/h4-6H2,1-3H3,(H,11,16). The van der Waals surface area contributed by atoms with E-state index >= 15 is 0 Å². The van der Waals surface area contributed by atoms with Gasteiger partial charge in [0.15, 0.2) is 10.4 Å². The summed E-state index contributed by atoms with van der Waals surface area (Å²) in [5, 5.41) is 4.44. The van der Waals surface area contributed by atoms with Crippen molar-refractivity contribution in [1.29, 1.82) is 0 Å². The van der Waals surface area contributed by atoms with Crippen LogP contribution in [0.5, 0.6) is 0 Å². The Hall–Kier alpha value is -0.950. The molecule has 17 heavy (non-hydrogen) atoms. The zero-order valence-corrected chi connectivity index (χ0v) is 11.8. The quantitative estimate of drug-likeness (QED) is 0.855. The summed E-state index contributed by atoms with van der Waals surface area (Å²) in [6.45, 7) is 2.72. The van der Waals surface area contributed by atoms with Gasteiger partial charge in [0.05, 0.1) is 5.69 Å². The minimum Gasteiger partial charge on any atom is -0.328 e. The number of aryl methyl sites for hydroxylation is 3. The molecule has 2 heterocycles. The van der Waals surface area contributed by atoms with Gasteiger partial charge in [-0.1, -0.05) is 6.92 Å². The highest BCUT2D eigenvalue weighted by Crippen LogP contribution is 2.18. The van der Waals surface area contributed by atoms with Gasteiger partial charge >= 0.3 is 0 Å². The first-order chi connectivity index (χ1) is 8.04. The van der Waals surface area contributed by atoms with Gasteiger partial charge in [0.2, 0.25) is 0 Å². The van der Waals surface area contributed by atoms with Gasteiger partial charge in [0.1, 0.15) is 5.52 Å². The van der Waals surface area contributed by atoms with E-state index in [9.17, 15) is 4.21 Å². The molecule has 0 aliphatic carbocycles. The Labute approximate surface area is 107 Å². The molecule has 2 aromatic rings. The van der Waals surface area contributed by atoms with Crippen molar-refractivity contribution >= 4 is 34.2 Å². The second-order valence-electron chi connectivity index (χ2n) is 3.98. The maximum Gasteiger partial charge on any atom is 0.179 e. The third-order valence-electron chi connectivity index (χ3n) is 2.76. The van der Waals surface area contributed by atoms with Crippen LogP contribution < -0.4 is 0 Å². The molecule has 0 radical (unpaired) electrons. The molecular weight excluding hydrogens is 256 g/mol. The Morgan fingerprint density at radius 2 is 2.24 bits per heavy atom. The lowest BCUT2D eigenvalue weighted by Crippen LogP contribution is -2.09. The molecular formula is C10H16N4OS2. The van der Waals surface area contributed by atoms with E-state index < -0.39 is 10.8 Å². The molecule has 94 valence electrons. The topological polar surface area (TPSA) is 55.6 Å². The van der Waals surface area contributed by atoms with Gasteiger partial charge in [-0.15, -0.1) is 0 Å². The number of aromatic amines is 1. The fourth-order valence-electron chi connectivity index (χ4n) is 1.95. The molecule has 0 bridgehead atoms. The monoisotopic (exact) mass is 272 g/mol. The van der Waals surface area contributed by atoms with Crippen molar-refractivity contribution in [1.82, 2.24) is 19.3 Å². The van der Waals surface area contributed by atoms with Gasteiger partial charge in [-0.3, -0.25) is 8.89 Å². The lowest BCUT2D eigenvalue weighted by Gasteiger charge is -2.02. The smallest absolute Gasteiger partial charge is 0.179 e. The molecule has 1 atom stereocenters. The van der Waals surface area contributed by atoms with E-state index in [1.165, 1.54) is 0 Å². The summed E-state index contributed by atoms with van der Waals surface area (Å²) >= 11 is 5.29. The molecule has 0 spiro atoms. The SMILES string of the molecule is CCc1nn(C)c2c1[nH]c(=S)n2CCS(C)=O. The van der Waals surface area contributed by atoms with Crippen LogP contribution in [-0.4, -0.2) is 35.5 Å². The average Bonchev–Trinajstić information content (AvgIpc) is 2.73. The van der Waals surface area contributed by atoms with Gasteiger partial charge in [-0.05, 0) is 18.6 Å². The molecule has 1 N–H and O–H groups in total. The number of hydrogen-bond acceptors (Lipinski definition) is 3. The highest BCUT2D eigenvalue weighted by molar-refractivity contribution is 7.84. The van der Waals surface area contributed by atoms with E-state index in [1.807, 2.05) is 16.3 Å². The molecule has 2 rings (SSSR count). The number of fused-ring (bicyclic) bond motifs is 1. The largest absolute Gasteiger partial charge is 0.328 e. The van der Waals surface area contributed by atoms with Crippen molar-refractivity contribution < 1.29 is 4.21 Å². The van der Waals surface area contributed by atoms with Crippen LogP contribution in [0.4, 0.5) is 0 Å². The van der Waals surface area contributed by atoms with Gasteiger partial charge < -0.3 is 9.55 Å². The van der Waals surface area contributed by atoms with Crippen LogP contribution in [0.1, 0.15) is 12.6 Å². The van der Waals surface area contributed by atoms with Crippen LogP contribution in [-0.2, 0) is 30.8 Å². The van der Waals surface area contributed by atoms with Crippen LogP contribution in [0.3, 0.4) is 0 Å². The summed E-state index contributed by atoms with van der Waals surface area (Å²) in [5.74, 6) is 0.605. The number of rotatable bonds is 4. The summed E-state index contributed by atoms with van der Waals surface area (Å²) in [7, 11) is 1.09. The Balaban J connectivity index is 2.54. The minimum absolute atomic E-state index is 0.605. The number of hydrogen-bond donors (Lipinski definition) is 1. The second kappa shape index (κ2) is 4.73. The van der Waals surface area contributed by atoms with Gasteiger partial charge in [-0.2, -0.15) is 5.10 Å². The maximum atomic E-state index is 11.2. The normalized spacial score (nSPS) is 13.4. The first kappa shape index (κ1) is 12.5. The maximum absolute atomic E-state index is 11.2. The van der Waals surface area contributed by atoms with Gasteiger partial charge in [0, 0.05) is 36.4 Å².